The van der Waals surface area contributed by atoms with Crippen LogP contribution in [-0.2, 0) is 0 Å². The predicted octanol–water partition coefficient (Wildman–Crippen LogP) is -0.991. The molecule has 0 bridgehead atoms. The largest absolute Gasteiger partial charge is 0.334 e. The summed E-state index contributed by atoms with van der Waals surface area (Å²) in [4.78, 5) is 0. The third-order valence-electron chi connectivity index (χ3n) is 0.809. The van der Waals surface area contributed by atoms with Crippen LogP contribution in [0.25, 0.3) is 0 Å². The quantitative estimate of drug-likeness (QED) is 0.482. The topological polar surface area (TPSA) is 29.3 Å². The molecule has 0 radical (unpaired) electrons. The SMILES string of the molecule is CN(C)[SiH2]CCN. The molecule has 0 saturated carbocycles. The average Bonchev–Trinajstić information content (AvgIpc) is 1.61. The van der Waals surface area contributed by atoms with E-state index in [0.29, 0.717) is 0 Å². The van der Waals surface area contributed by atoms with Gasteiger partial charge < -0.3 is 10.3 Å². The third-order valence-corrected chi connectivity index (χ3v) is 2.43. The Kier molecular flexibility index (Phi) is 4.38. The van der Waals surface area contributed by atoms with Crippen LogP contribution >= 0.6 is 0 Å². The average molecular weight is 118 g/mol. The zero-order valence-corrected chi connectivity index (χ0v) is 6.56. The summed E-state index contributed by atoms with van der Waals surface area (Å²) < 4.78 is 2.27. The van der Waals surface area contributed by atoms with Crippen molar-refractivity contribution in [2.45, 2.75) is 6.04 Å². The summed E-state index contributed by atoms with van der Waals surface area (Å²) in [5, 5.41) is 0. The van der Waals surface area contributed by atoms with Gasteiger partial charge in [-0.1, -0.05) is 0 Å². The number of hydrogen-bond donors (Lipinski definition) is 1. The van der Waals surface area contributed by atoms with Crippen LogP contribution in [0, 0.1) is 0 Å². The van der Waals surface area contributed by atoms with E-state index in [0.717, 1.165) is 6.54 Å². The van der Waals surface area contributed by atoms with Crippen LogP contribution in [0.2, 0.25) is 6.04 Å². The summed E-state index contributed by atoms with van der Waals surface area (Å²) in [6.07, 6.45) is 0. The fourth-order valence-corrected chi connectivity index (χ4v) is 1.22. The van der Waals surface area contributed by atoms with Gasteiger partial charge in [-0.15, -0.1) is 0 Å². The van der Waals surface area contributed by atoms with Crippen LogP contribution in [0.1, 0.15) is 0 Å². The van der Waals surface area contributed by atoms with Gasteiger partial charge in [0.1, 0.15) is 0 Å². The molecule has 2 N–H and O–H groups in total. The molecule has 0 unspecified atom stereocenters. The molecular formula is C4H14N2Si. The Morgan fingerprint density at radius 3 is 2.29 bits per heavy atom. The molecule has 0 saturated heterocycles. The predicted molar refractivity (Wildman–Crippen MR) is 36.1 cm³/mol. The van der Waals surface area contributed by atoms with Crippen molar-refractivity contribution in [1.29, 1.82) is 0 Å². The summed E-state index contributed by atoms with van der Waals surface area (Å²) in [5.41, 5.74) is 5.28. The molecule has 0 fully saturated rings. The molecule has 7 heavy (non-hydrogen) atoms. The maximum absolute atomic E-state index is 5.28. The maximum Gasteiger partial charge on any atom is 0.0955 e. The number of hydrogen-bond acceptors (Lipinski definition) is 2. The van der Waals surface area contributed by atoms with Gasteiger partial charge >= 0.3 is 0 Å². The van der Waals surface area contributed by atoms with Crippen LogP contribution < -0.4 is 5.73 Å². The van der Waals surface area contributed by atoms with Crippen molar-refractivity contribution in [2.24, 2.45) is 5.73 Å². The first-order chi connectivity index (χ1) is 3.27. The van der Waals surface area contributed by atoms with Crippen LogP contribution in [-0.4, -0.2) is 34.9 Å². The fraction of sp³-hybridized carbons (Fsp3) is 1.00. The molecule has 0 amide bonds. The Labute approximate surface area is 47.6 Å². The highest BCUT2D eigenvalue weighted by Crippen LogP contribution is 1.74. The minimum absolute atomic E-state index is 0.0544. The summed E-state index contributed by atoms with van der Waals surface area (Å²) in [7, 11) is 4.28. The number of nitrogens with two attached hydrogens (primary N) is 1. The van der Waals surface area contributed by atoms with Crippen molar-refractivity contribution in [3.63, 3.8) is 0 Å². The van der Waals surface area contributed by atoms with Crippen LogP contribution in [0.5, 0.6) is 0 Å². The van der Waals surface area contributed by atoms with Crippen molar-refractivity contribution in [2.75, 3.05) is 20.6 Å². The highest BCUT2D eigenvalue weighted by molar-refractivity contribution is 6.31. The molecule has 44 valence electrons. The van der Waals surface area contributed by atoms with Crippen molar-refractivity contribution in [3.05, 3.63) is 0 Å². The highest BCUT2D eigenvalue weighted by atomic mass is 28.2. The van der Waals surface area contributed by atoms with Gasteiger partial charge in [0, 0.05) is 0 Å². The molecule has 0 atom stereocenters. The molecule has 0 rings (SSSR count). The van der Waals surface area contributed by atoms with Gasteiger partial charge in [0.2, 0.25) is 0 Å². The second-order valence-electron chi connectivity index (χ2n) is 1.95. The zero-order chi connectivity index (χ0) is 5.70. The van der Waals surface area contributed by atoms with Gasteiger partial charge in [-0.05, 0) is 26.7 Å². The molecule has 0 aliphatic heterocycles. The van der Waals surface area contributed by atoms with Crippen molar-refractivity contribution in [3.8, 4) is 0 Å². The van der Waals surface area contributed by atoms with Crippen LogP contribution in [0.15, 0.2) is 0 Å². The smallest absolute Gasteiger partial charge is 0.0955 e. The minimum Gasteiger partial charge on any atom is -0.334 e. The first-order valence-corrected chi connectivity index (χ1v) is 4.25. The third kappa shape index (κ3) is 6.14. The van der Waals surface area contributed by atoms with Crippen molar-refractivity contribution >= 4 is 9.68 Å². The molecule has 3 heteroatoms. The fourth-order valence-electron chi connectivity index (χ4n) is 0.408. The lowest BCUT2D eigenvalue weighted by Gasteiger charge is -2.04. The zero-order valence-electron chi connectivity index (χ0n) is 5.15. The van der Waals surface area contributed by atoms with Crippen molar-refractivity contribution in [1.82, 2.24) is 4.57 Å². The Bertz CT molecular complexity index is 38.7. The summed E-state index contributed by atoms with van der Waals surface area (Å²) in [6.45, 7) is 0.865. The Morgan fingerprint density at radius 1 is 1.57 bits per heavy atom. The maximum atomic E-state index is 5.28. The lowest BCUT2D eigenvalue weighted by Crippen LogP contribution is -2.19. The molecule has 0 spiro atoms. The Hall–Kier alpha value is 0.137. The van der Waals surface area contributed by atoms with Gasteiger partial charge in [-0.2, -0.15) is 0 Å². The Morgan fingerprint density at radius 2 is 2.14 bits per heavy atom. The standard InChI is InChI=1S/C4H14N2Si/c1-6(2)7-4-3-5/h3-5,7H2,1-2H3. The molecule has 0 aliphatic rings. The van der Waals surface area contributed by atoms with Crippen molar-refractivity contribution < 1.29 is 0 Å². The first-order valence-electron chi connectivity index (χ1n) is 2.62. The molecule has 0 heterocycles. The minimum atomic E-state index is 0.0544. The van der Waals surface area contributed by atoms with E-state index >= 15 is 0 Å². The van der Waals surface area contributed by atoms with E-state index in [-0.39, 0.29) is 9.68 Å². The second-order valence-corrected chi connectivity index (χ2v) is 4.36. The lowest BCUT2D eigenvalue weighted by molar-refractivity contribution is 0.657. The summed E-state index contributed by atoms with van der Waals surface area (Å²) in [6, 6.07) is 1.24. The molecule has 0 aromatic rings. The lowest BCUT2D eigenvalue weighted by atomic mass is 10.8. The molecular weight excluding hydrogens is 104 g/mol. The number of nitrogens with zero attached hydrogens (tertiary/aromatic N) is 1. The monoisotopic (exact) mass is 118 g/mol. The van der Waals surface area contributed by atoms with Gasteiger partial charge in [-0.25, -0.2) is 0 Å². The van der Waals surface area contributed by atoms with Gasteiger partial charge in [0.25, 0.3) is 0 Å². The van der Waals surface area contributed by atoms with E-state index in [2.05, 4.69) is 18.7 Å². The van der Waals surface area contributed by atoms with E-state index in [1.54, 1.807) is 0 Å². The molecule has 0 aromatic heterocycles. The van der Waals surface area contributed by atoms with Gasteiger partial charge in [-0.3, -0.25) is 0 Å². The van der Waals surface area contributed by atoms with Crippen LogP contribution in [0.3, 0.4) is 0 Å². The van der Waals surface area contributed by atoms with E-state index in [1.165, 1.54) is 6.04 Å². The van der Waals surface area contributed by atoms with Gasteiger partial charge in [0.05, 0.1) is 9.68 Å². The van der Waals surface area contributed by atoms with Crippen LogP contribution in [0.4, 0.5) is 0 Å². The normalized spacial score (nSPS) is 12.0. The Balaban J connectivity index is 2.68. The molecule has 0 aliphatic carbocycles. The number of rotatable bonds is 3. The summed E-state index contributed by atoms with van der Waals surface area (Å²) in [5.74, 6) is 0. The van der Waals surface area contributed by atoms with Gasteiger partial charge in [0.15, 0.2) is 0 Å². The summed E-state index contributed by atoms with van der Waals surface area (Å²) >= 11 is 0. The van der Waals surface area contributed by atoms with E-state index < -0.39 is 0 Å². The first kappa shape index (κ1) is 7.14. The molecule has 0 aromatic carbocycles. The van der Waals surface area contributed by atoms with E-state index in [1.807, 2.05) is 0 Å². The van der Waals surface area contributed by atoms with E-state index in [4.69, 9.17) is 5.73 Å². The highest BCUT2D eigenvalue weighted by Gasteiger charge is 1.85. The molecule has 2 nitrogen and oxygen atoms in total. The second kappa shape index (κ2) is 4.30. The van der Waals surface area contributed by atoms with E-state index in [9.17, 15) is 0 Å².